The lowest BCUT2D eigenvalue weighted by molar-refractivity contribution is 0.302. The largest absolute Gasteiger partial charge is 0.370 e. The zero-order valence-corrected chi connectivity index (χ0v) is 12.8. The average Bonchev–Trinajstić information content (AvgIpc) is 2.67. The molecule has 112 valence electrons. The van der Waals surface area contributed by atoms with Crippen molar-refractivity contribution < 1.29 is 0 Å². The Morgan fingerprint density at radius 1 is 1.16 bits per heavy atom. The second-order valence-electron chi connectivity index (χ2n) is 5.48. The molecule has 0 heterocycles. The molecule has 19 heavy (non-hydrogen) atoms. The topological polar surface area (TPSA) is 53.6 Å². The first kappa shape index (κ1) is 16.3. The van der Waals surface area contributed by atoms with Crippen molar-refractivity contribution in [1.82, 2.24) is 10.2 Å². The van der Waals surface area contributed by atoms with Gasteiger partial charge in [0.05, 0.1) is 0 Å². The third-order valence-electron chi connectivity index (χ3n) is 4.02. The Morgan fingerprint density at radius 2 is 1.79 bits per heavy atom. The zero-order chi connectivity index (χ0) is 13.9. The predicted octanol–water partition coefficient (Wildman–Crippen LogP) is 2.35. The second kappa shape index (κ2) is 10.1. The van der Waals surface area contributed by atoms with E-state index in [1.165, 1.54) is 38.5 Å². The minimum Gasteiger partial charge on any atom is -0.370 e. The van der Waals surface area contributed by atoms with Crippen molar-refractivity contribution in [3.63, 3.8) is 0 Å². The van der Waals surface area contributed by atoms with Gasteiger partial charge in [0.15, 0.2) is 5.96 Å². The highest BCUT2D eigenvalue weighted by Gasteiger charge is 2.11. The van der Waals surface area contributed by atoms with E-state index in [1.54, 1.807) is 0 Å². The van der Waals surface area contributed by atoms with Gasteiger partial charge < -0.3 is 16.0 Å². The molecule has 0 aromatic heterocycles. The highest BCUT2D eigenvalue weighted by molar-refractivity contribution is 5.78. The number of nitrogens with one attached hydrogen (secondary N) is 1. The van der Waals surface area contributed by atoms with Gasteiger partial charge in [0.25, 0.3) is 0 Å². The molecule has 0 atom stereocenters. The van der Waals surface area contributed by atoms with Crippen molar-refractivity contribution >= 4 is 5.96 Å². The monoisotopic (exact) mass is 268 g/mol. The lowest BCUT2D eigenvalue weighted by Gasteiger charge is -2.18. The van der Waals surface area contributed by atoms with Crippen LogP contribution in [0.15, 0.2) is 4.99 Å². The second-order valence-corrected chi connectivity index (χ2v) is 5.48. The molecule has 1 fully saturated rings. The van der Waals surface area contributed by atoms with E-state index in [0.29, 0.717) is 12.0 Å². The number of aliphatic imine (C=N–C) groups is 1. The molecule has 1 aliphatic carbocycles. The summed E-state index contributed by atoms with van der Waals surface area (Å²) < 4.78 is 0. The SMILES string of the molecule is CCN(CC)CCCN=C(N)NC1CCCCCC1. The summed E-state index contributed by atoms with van der Waals surface area (Å²) >= 11 is 0. The maximum absolute atomic E-state index is 5.96. The van der Waals surface area contributed by atoms with Crippen LogP contribution in [0.2, 0.25) is 0 Å². The van der Waals surface area contributed by atoms with Crippen LogP contribution in [0.4, 0.5) is 0 Å². The molecule has 1 rings (SSSR count). The van der Waals surface area contributed by atoms with Crippen molar-refractivity contribution in [3.05, 3.63) is 0 Å². The van der Waals surface area contributed by atoms with Crippen molar-refractivity contribution in [3.8, 4) is 0 Å². The molecule has 0 radical (unpaired) electrons. The highest BCUT2D eigenvalue weighted by Crippen LogP contribution is 2.16. The molecule has 0 aromatic carbocycles. The maximum Gasteiger partial charge on any atom is 0.188 e. The summed E-state index contributed by atoms with van der Waals surface area (Å²) in [6, 6.07) is 0.550. The number of nitrogens with two attached hydrogens (primary N) is 1. The summed E-state index contributed by atoms with van der Waals surface area (Å²) in [6.07, 6.45) is 8.98. The molecular formula is C15H32N4. The third kappa shape index (κ3) is 7.41. The maximum atomic E-state index is 5.96. The molecule has 0 unspecified atom stereocenters. The van der Waals surface area contributed by atoms with E-state index >= 15 is 0 Å². The van der Waals surface area contributed by atoms with Gasteiger partial charge in [0, 0.05) is 12.6 Å². The predicted molar refractivity (Wildman–Crippen MR) is 83.5 cm³/mol. The molecule has 0 aromatic rings. The number of guanidine groups is 1. The van der Waals surface area contributed by atoms with Gasteiger partial charge in [-0.05, 0) is 38.9 Å². The van der Waals surface area contributed by atoms with Gasteiger partial charge in [0.1, 0.15) is 0 Å². The number of hydrogen-bond donors (Lipinski definition) is 2. The average molecular weight is 268 g/mol. The quantitative estimate of drug-likeness (QED) is 0.322. The van der Waals surface area contributed by atoms with E-state index in [2.05, 4.69) is 29.1 Å². The van der Waals surface area contributed by atoms with E-state index in [-0.39, 0.29) is 0 Å². The molecule has 4 nitrogen and oxygen atoms in total. The summed E-state index contributed by atoms with van der Waals surface area (Å²) in [5.74, 6) is 0.645. The first-order chi connectivity index (χ1) is 9.26. The van der Waals surface area contributed by atoms with Crippen LogP contribution in [0.5, 0.6) is 0 Å². The van der Waals surface area contributed by atoms with E-state index in [0.717, 1.165) is 32.6 Å². The minimum absolute atomic E-state index is 0.550. The van der Waals surface area contributed by atoms with Gasteiger partial charge in [-0.1, -0.05) is 39.5 Å². The van der Waals surface area contributed by atoms with E-state index in [4.69, 9.17) is 5.73 Å². The minimum atomic E-state index is 0.550. The number of nitrogens with zero attached hydrogens (tertiary/aromatic N) is 2. The summed E-state index contributed by atoms with van der Waals surface area (Å²) in [4.78, 5) is 6.87. The smallest absolute Gasteiger partial charge is 0.188 e. The van der Waals surface area contributed by atoms with Crippen molar-refractivity contribution in [2.45, 2.75) is 64.8 Å². The van der Waals surface area contributed by atoms with Crippen LogP contribution in [0.1, 0.15) is 58.8 Å². The summed E-state index contributed by atoms with van der Waals surface area (Å²) in [6.45, 7) is 8.60. The van der Waals surface area contributed by atoms with Crippen molar-refractivity contribution in [1.29, 1.82) is 0 Å². The van der Waals surface area contributed by atoms with Crippen LogP contribution in [-0.2, 0) is 0 Å². The molecule has 1 aliphatic rings. The number of hydrogen-bond acceptors (Lipinski definition) is 2. The molecule has 1 saturated carbocycles. The van der Waals surface area contributed by atoms with Crippen LogP contribution in [0, 0.1) is 0 Å². The molecule has 4 heteroatoms. The molecule has 0 bridgehead atoms. The Balaban J connectivity index is 2.17. The Bertz CT molecular complexity index is 241. The molecule has 0 spiro atoms. The van der Waals surface area contributed by atoms with Gasteiger partial charge in [-0.3, -0.25) is 4.99 Å². The zero-order valence-electron chi connectivity index (χ0n) is 12.8. The van der Waals surface area contributed by atoms with Gasteiger partial charge in [0.2, 0.25) is 0 Å². The first-order valence-electron chi connectivity index (χ1n) is 8.05. The molecule has 3 N–H and O–H groups in total. The highest BCUT2D eigenvalue weighted by atomic mass is 15.1. The van der Waals surface area contributed by atoms with E-state index < -0.39 is 0 Å². The van der Waals surface area contributed by atoms with Crippen molar-refractivity contribution in [2.75, 3.05) is 26.2 Å². The molecular weight excluding hydrogens is 236 g/mol. The molecule has 0 amide bonds. The van der Waals surface area contributed by atoms with Crippen LogP contribution in [0.3, 0.4) is 0 Å². The lowest BCUT2D eigenvalue weighted by atomic mass is 10.1. The fourth-order valence-corrected chi connectivity index (χ4v) is 2.71. The summed E-state index contributed by atoms with van der Waals surface area (Å²) in [5, 5.41) is 3.39. The van der Waals surface area contributed by atoms with Crippen LogP contribution in [0.25, 0.3) is 0 Å². The number of rotatable bonds is 7. The van der Waals surface area contributed by atoms with Crippen LogP contribution in [-0.4, -0.2) is 43.1 Å². The lowest BCUT2D eigenvalue weighted by Crippen LogP contribution is -2.40. The van der Waals surface area contributed by atoms with E-state index in [1.807, 2.05) is 0 Å². The summed E-state index contributed by atoms with van der Waals surface area (Å²) in [5.41, 5.74) is 5.96. The molecule has 0 saturated heterocycles. The van der Waals surface area contributed by atoms with Gasteiger partial charge >= 0.3 is 0 Å². The van der Waals surface area contributed by atoms with Gasteiger partial charge in [-0.2, -0.15) is 0 Å². The Kier molecular flexibility index (Phi) is 8.63. The fourth-order valence-electron chi connectivity index (χ4n) is 2.71. The Morgan fingerprint density at radius 3 is 2.37 bits per heavy atom. The van der Waals surface area contributed by atoms with Crippen molar-refractivity contribution in [2.24, 2.45) is 10.7 Å². The Labute approximate surface area is 118 Å². The fraction of sp³-hybridized carbons (Fsp3) is 0.933. The van der Waals surface area contributed by atoms with Gasteiger partial charge in [-0.15, -0.1) is 0 Å². The Hall–Kier alpha value is -0.770. The van der Waals surface area contributed by atoms with Gasteiger partial charge in [-0.25, -0.2) is 0 Å². The summed E-state index contributed by atoms with van der Waals surface area (Å²) in [7, 11) is 0. The normalized spacial score (nSPS) is 18.6. The van der Waals surface area contributed by atoms with E-state index in [9.17, 15) is 0 Å². The third-order valence-corrected chi connectivity index (χ3v) is 4.02. The first-order valence-corrected chi connectivity index (χ1v) is 8.05. The van der Waals surface area contributed by atoms with Crippen LogP contribution < -0.4 is 11.1 Å². The standard InChI is InChI=1S/C15H32N4/c1-3-19(4-2)13-9-12-17-15(16)18-14-10-7-5-6-8-11-14/h14H,3-13H2,1-2H3,(H3,16,17,18). The van der Waals surface area contributed by atoms with Crippen LogP contribution >= 0.6 is 0 Å². The molecule has 0 aliphatic heterocycles.